The van der Waals surface area contributed by atoms with E-state index >= 15 is 0 Å². The lowest BCUT2D eigenvalue weighted by molar-refractivity contribution is 0.0687. The molecule has 0 aliphatic carbocycles. The second-order valence-corrected chi connectivity index (χ2v) is 4.98. The third-order valence-electron chi connectivity index (χ3n) is 2.97. The average Bonchev–Trinajstić information content (AvgIpc) is 3.05. The maximum atomic E-state index is 12.5. The lowest BCUT2D eigenvalue weighted by Gasteiger charge is -2.00. The molecule has 6 nitrogen and oxygen atoms in total. The molecule has 0 spiro atoms. The van der Waals surface area contributed by atoms with Gasteiger partial charge in [0.1, 0.15) is 5.69 Å². The molecule has 2 aromatic heterocycles. The fourth-order valence-electron chi connectivity index (χ4n) is 2.08. The number of rotatable bonds is 3. The Kier molecular flexibility index (Phi) is 2.90. The molecule has 0 bridgehead atoms. The third kappa shape index (κ3) is 1.83. The van der Waals surface area contributed by atoms with Crippen molar-refractivity contribution in [1.82, 2.24) is 15.0 Å². The van der Waals surface area contributed by atoms with Crippen molar-refractivity contribution in [3.05, 3.63) is 52.1 Å². The largest absolute Gasteiger partial charge is 0.477 e. The molecule has 0 radical (unpaired) electrons. The van der Waals surface area contributed by atoms with Crippen LogP contribution in [0, 0.1) is 0 Å². The Hall–Kier alpha value is -2.41. The molecule has 2 heterocycles. The molecule has 0 fully saturated rings. The van der Waals surface area contributed by atoms with Gasteiger partial charge in [0.25, 0.3) is 0 Å². The number of nitrogens with zero attached hydrogens (tertiary/aromatic N) is 1. The third-order valence-corrected chi connectivity index (χ3v) is 3.63. The first kappa shape index (κ1) is 12.6. The minimum atomic E-state index is -1.22. The summed E-state index contributed by atoms with van der Waals surface area (Å²) in [6.07, 6.45) is 2.75. The number of carbonyl (C=O) groups excluding carboxylic acids is 1. The molecule has 0 saturated heterocycles. The van der Waals surface area contributed by atoms with Gasteiger partial charge in [0.05, 0.1) is 11.9 Å². The van der Waals surface area contributed by atoms with Crippen LogP contribution < -0.4 is 0 Å². The summed E-state index contributed by atoms with van der Waals surface area (Å²) in [4.78, 5) is 32.8. The molecule has 20 heavy (non-hydrogen) atoms. The van der Waals surface area contributed by atoms with Crippen LogP contribution in [-0.2, 0) is 0 Å². The van der Waals surface area contributed by atoms with E-state index < -0.39 is 11.8 Å². The smallest absolute Gasteiger partial charge is 0.354 e. The number of imidazole rings is 1. The molecule has 7 heteroatoms. The van der Waals surface area contributed by atoms with E-state index in [1.807, 2.05) is 18.2 Å². The Morgan fingerprint density at radius 3 is 2.80 bits per heavy atom. The topological polar surface area (TPSA) is 98.8 Å². The van der Waals surface area contributed by atoms with Gasteiger partial charge in [0, 0.05) is 21.6 Å². The van der Waals surface area contributed by atoms with Crippen molar-refractivity contribution in [3.63, 3.8) is 0 Å². The fraction of sp³-hybridized carbons (Fsp3) is 0. The van der Waals surface area contributed by atoms with Gasteiger partial charge < -0.3 is 15.1 Å². The van der Waals surface area contributed by atoms with Crippen molar-refractivity contribution in [1.29, 1.82) is 0 Å². The number of benzene rings is 1. The van der Waals surface area contributed by atoms with Gasteiger partial charge in [-0.05, 0) is 12.1 Å². The monoisotopic (exact) mass is 333 g/mol. The van der Waals surface area contributed by atoms with Crippen LogP contribution in [0.25, 0.3) is 10.9 Å². The van der Waals surface area contributed by atoms with Crippen molar-refractivity contribution in [2.24, 2.45) is 0 Å². The summed E-state index contributed by atoms with van der Waals surface area (Å²) in [5.74, 6) is -1.66. The Labute approximate surface area is 121 Å². The van der Waals surface area contributed by atoms with E-state index in [-0.39, 0.29) is 11.4 Å². The van der Waals surface area contributed by atoms with Crippen molar-refractivity contribution in [3.8, 4) is 0 Å². The van der Waals surface area contributed by atoms with Crippen LogP contribution in [-0.4, -0.2) is 31.8 Å². The van der Waals surface area contributed by atoms with Crippen LogP contribution in [0.2, 0.25) is 0 Å². The van der Waals surface area contributed by atoms with Crippen molar-refractivity contribution < 1.29 is 14.7 Å². The van der Waals surface area contributed by atoms with Crippen molar-refractivity contribution in [2.75, 3.05) is 0 Å². The first-order chi connectivity index (χ1) is 9.59. The van der Waals surface area contributed by atoms with E-state index in [9.17, 15) is 9.59 Å². The highest BCUT2D eigenvalue weighted by atomic mass is 79.9. The summed E-state index contributed by atoms with van der Waals surface area (Å²) < 4.78 is 0.756. The van der Waals surface area contributed by atoms with Crippen LogP contribution in [0.5, 0.6) is 0 Å². The lowest BCUT2D eigenvalue weighted by atomic mass is 10.1. The summed E-state index contributed by atoms with van der Waals surface area (Å²) in [6, 6.07) is 5.49. The molecule has 3 N–H and O–H groups in total. The first-order valence-electron chi connectivity index (χ1n) is 5.66. The Balaban J connectivity index is 2.18. The lowest BCUT2D eigenvalue weighted by Crippen LogP contribution is -2.09. The highest BCUT2D eigenvalue weighted by Gasteiger charge is 2.23. The van der Waals surface area contributed by atoms with Crippen LogP contribution in [0.4, 0.5) is 0 Å². The molecule has 100 valence electrons. The quantitative estimate of drug-likeness (QED) is 0.641. The van der Waals surface area contributed by atoms with Crippen molar-refractivity contribution in [2.45, 2.75) is 0 Å². The number of halogens is 1. The van der Waals surface area contributed by atoms with E-state index in [4.69, 9.17) is 5.11 Å². The van der Waals surface area contributed by atoms with Gasteiger partial charge in [0.15, 0.2) is 5.69 Å². The SMILES string of the molecule is O=C(O)c1[nH]cnc1C(=O)c1c[nH]c2cccc(Br)c12. The molecule has 1 aromatic carbocycles. The van der Waals surface area contributed by atoms with E-state index in [1.165, 1.54) is 6.33 Å². The van der Waals surface area contributed by atoms with E-state index in [0.717, 1.165) is 9.99 Å². The number of fused-ring (bicyclic) bond motifs is 1. The number of aromatic carboxylic acids is 1. The number of ketones is 1. The molecule has 0 aliphatic heterocycles. The number of hydrogen-bond acceptors (Lipinski definition) is 3. The number of carboxylic acid groups (broad SMARTS) is 1. The predicted molar refractivity (Wildman–Crippen MR) is 75.0 cm³/mol. The van der Waals surface area contributed by atoms with Gasteiger partial charge in [-0.25, -0.2) is 9.78 Å². The summed E-state index contributed by atoms with van der Waals surface area (Å²) in [5, 5.41) is 9.73. The molecule has 0 aliphatic rings. The van der Waals surface area contributed by atoms with Gasteiger partial charge >= 0.3 is 5.97 Å². The van der Waals surface area contributed by atoms with Crippen LogP contribution >= 0.6 is 15.9 Å². The van der Waals surface area contributed by atoms with E-state index in [0.29, 0.717) is 10.9 Å². The van der Waals surface area contributed by atoms with Crippen molar-refractivity contribution >= 4 is 38.6 Å². The molecule has 0 amide bonds. The number of hydrogen-bond donors (Lipinski definition) is 3. The van der Waals surface area contributed by atoms with Gasteiger partial charge in [0.2, 0.25) is 5.78 Å². The molecular weight excluding hydrogens is 326 g/mol. The second kappa shape index (κ2) is 4.61. The number of aromatic amines is 2. The van der Waals surface area contributed by atoms with Gasteiger partial charge in [-0.15, -0.1) is 0 Å². The zero-order chi connectivity index (χ0) is 14.3. The summed E-state index contributed by atoms with van der Waals surface area (Å²) in [5.41, 5.74) is 0.850. The Bertz CT molecular complexity index is 834. The second-order valence-electron chi connectivity index (χ2n) is 4.13. The van der Waals surface area contributed by atoms with Gasteiger partial charge in [-0.2, -0.15) is 0 Å². The van der Waals surface area contributed by atoms with E-state index in [2.05, 4.69) is 30.9 Å². The Morgan fingerprint density at radius 2 is 2.05 bits per heavy atom. The Morgan fingerprint density at radius 1 is 1.25 bits per heavy atom. The maximum Gasteiger partial charge on any atom is 0.354 e. The number of carboxylic acids is 1. The predicted octanol–water partition coefficient (Wildman–Crippen LogP) is 2.58. The number of aromatic nitrogens is 3. The molecule has 0 atom stereocenters. The standard InChI is InChI=1S/C13H8BrN3O3/c14-7-2-1-3-8-9(7)6(4-15-8)12(18)10-11(13(19)20)17-5-16-10/h1-5,15H,(H,16,17)(H,19,20). The normalized spacial score (nSPS) is 10.8. The van der Waals surface area contributed by atoms with Gasteiger partial charge in [-0.1, -0.05) is 22.0 Å². The van der Waals surface area contributed by atoms with Crippen LogP contribution in [0.1, 0.15) is 26.5 Å². The zero-order valence-corrected chi connectivity index (χ0v) is 11.6. The molecule has 3 aromatic rings. The minimum Gasteiger partial charge on any atom is -0.477 e. The van der Waals surface area contributed by atoms with Gasteiger partial charge in [-0.3, -0.25) is 4.79 Å². The summed E-state index contributed by atoms with van der Waals surface area (Å²) in [6.45, 7) is 0. The van der Waals surface area contributed by atoms with Crippen LogP contribution in [0.3, 0.4) is 0 Å². The number of nitrogens with one attached hydrogen (secondary N) is 2. The highest BCUT2D eigenvalue weighted by molar-refractivity contribution is 9.10. The first-order valence-corrected chi connectivity index (χ1v) is 6.46. The van der Waals surface area contributed by atoms with Crippen LogP contribution in [0.15, 0.2) is 35.2 Å². The molecule has 0 unspecified atom stereocenters. The maximum absolute atomic E-state index is 12.5. The minimum absolute atomic E-state index is 0.103. The summed E-state index contributed by atoms with van der Waals surface area (Å²) >= 11 is 3.39. The molecular formula is C13H8BrN3O3. The fourth-order valence-corrected chi connectivity index (χ4v) is 2.66. The average molecular weight is 334 g/mol. The number of carbonyl (C=O) groups is 2. The van der Waals surface area contributed by atoms with E-state index in [1.54, 1.807) is 6.20 Å². The molecule has 0 saturated carbocycles. The highest BCUT2D eigenvalue weighted by Crippen LogP contribution is 2.28. The zero-order valence-electron chi connectivity index (χ0n) is 9.98. The number of H-pyrrole nitrogens is 2. The summed E-state index contributed by atoms with van der Waals surface area (Å²) in [7, 11) is 0. The molecule has 3 rings (SSSR count).